The van der Waals surface area contributed by atoms with E-state index in [1.54, 1.807) is 6.20 Å². The number of nitrogens with zero attached hydrogens (tertiary/aromatic N) is 3. The second-order valence-corrected chi connectivity index (χ2v) is 4.64. The normalized spacial score (nSPS) is 20.3. The van der Waals surface area contributed by atoms with Crippen LogP contribution in [0.1, 0.15) is 19.3 Å². The molecule has 1 fully saturated rings. The van der Waals surface area contributed by atoms with Gasteiger partial charge in [0.2, 0.25) is 0 Å². The van der Waals surface area contributed by atoms with E-state index in [-0.39, 0.29) is 12.3 Å². The Labute approximate surface area is 104 Å². The van der Waals surface area contributed by atoms with E-state index < -0.39 is 5.97 Å². The van der Waals surface area contributed by atoms with Gasteiger partial charge in [-0.15, -0.1) is 0 Å². The number of piperidine rings is 1. The van der Waals surface area contributed by atoms with Gasteiger partial charge in [-0.1, -0.05) is 11.6 Å². The van der Waals surface area contributed by atoms with E-state index in [9.17, 15) is 4.79 Å². The van der Waals surface area contributed by atoms with Gasteiger partial charge in [0, 0.05) is 19.5 Å². The van der Waals surface area contributed by atoms with Gasteiger partial charge in [0.05, 0.1) is 12.4 Å². The predicted molar refractivity (Wildman–Crippen MR) is 64.2 cm³/mol. The van der Waals surface area contributed by atoms with Gasteiger partial charge in [0.1, 0.15) is 11.0 Å². The Kier molecular flexibility index (Phi) is 3.78. The second-order valence-electron chi connectivity index (χ2n) is 4.25. The van der Waals surface area contributed by atoms with Crippen molar-refractivity contribution in [2.24, 2.45) is 5.92 Å². The van der Waals surface area contributed by atoms with E-state index in [2.05, 4.69) is 14.9 Å². The number of aromatic nitrogens is 2. The first-order valence-electron chi connectivity index (χ1n) is 5.59. The van der Waals surface area contributed by atoms with E-state index in [0.29, 0.717) is 11.7 Å². The maximum absolute atomic E-state index is 10.7. The van der Waals surface area contributed by atoms with Crippen molar-refractivity contribution in [2.75, 3.05) is 18.0 Å². The Hall–Kier alpha value is -1.36. The van der Waals surface area contributed by atoms with Gasteiger partial charge in [-0.05, 0) is 18.8 Å². The van der Waals surface area contributed by atoms with E-state index in [1.807, 2.05) is 0 Å². The Morgan fingerprint density at radius 1 is 1.59 bits per heavy atom. The molecule has 0 bridgehead atoms. The first-order valence-corrected chi connectivity index (χ1v) is 5.97. The van der Waals surface area contributed by atoms with Gasteiger partial charge >= 0.3 is 5.97 Å². The number of rotatable bonds is 3. The Bertz CT molecular complexity index is 413. The fourth-order valence-electron chi connectivity index (χ4n) is 2.17. The molecule has 5 nitrogen and oxygen atoms in total. The lowest BCUT2D eigenvalue weighted by Gasteiger charge is -2.32. The lowest BCUT2D eigenvalue weighted by atomic mass is 9.95. The summed E-state index contributed by atoms with van der Waals surface area (Å²) in [5.74, 6) is 0.170. The Morgan fingerprint density at radius 2 is 2.41 bits per heavy atom. The molecule has 2 rings (SSSR count). The number of carbonyl (C=O) groups is 1. The van der Waals surface area contributed by atoms with Crippen LogP contribution in [-0.2, 0) is 4.79 Å². The molecule has 0 spiro atoms. The lowest BCUT2D eigenvalue weighted by molar-refractivity contribution is -0.138. The summed E-state index contributed by atoms with van der Waals surface area (Å²) < 4.78 is 0. The Balaban J connectivity index is 2.04. The molecule has 1 aromatic rings. The van der Waals surface area contributed by atoms with Crippen molar-refractivity contribution < 1.29 is 9.90 Å². The Morgan fingerprint density at radius 3 is 3.12 bits per heavy atom. The van der Waals surface area contributed by atoms with Crippen LogP contribution in [0.25, 0.3) is 0 Å². The molecule has 1 N–H and O–H groups in total. The molecular formula is C11H14ClN3O2. The number of hydrogen-bond donors (Lipinski definition) is 1. The minimum Gasteiger partial charge on any atom is -0.481 e. The number of halogens is 1. The number of carboxylic acid groups (broad SMARTS) is 1. The van der Waals surface area contributed by atoms with Gasteiger partial charge in [0.15, 0.2) is 0 Å². The first-order chi connectivity index (χ1) is 8.15. The average molecular weight is 256 g/mol. The molecule has 0 aliphatic carbocycles. The topological polar surface area (TPSA) is 66.3 Å². The monoisotopic (exact) mass is 255 g/mol. The summed E-state index contributed by atoms with van der Waals surface area (Å²) in [4.78, 5) is 20.9. The average Bonchev–Trinajstić information content (AvgIpc) is 2.28. The fraction of sp³-hybridized carbons (Fsp3) is 0.545. The molecule has 0 aromatic carbocycles. The van der Waals surface area contributed by atoms with Crippen molar-refractivity contribution in [1.82, 2.24) is 9.97 Å². The maximum Gasteiger partial charge on any atom is 0.303 e. The molecule has 1 unspecified atom stereocenters. The standard InChI is InChI=1S/C11H14ClN3O2/c12-9-5-13-6-10(14-9)15-3-1-2-8(7-15)4-11(16)17/h5-6,8H,1-4,7H2,(H,16,17). The van der Waals surface area contributed by atoms with Gasteiger partial charge < -0.3 is 10.0 Å². The lowest BCUT2D eigenvalue weighted by Crippen LogP contribution is -2.36. The SMILES string of the molecule is O=C(O)CC1CCCN(c2cncc(Cl)n2)C1. The van der Waals surface area contributed by atoms with Gasteiger partial charge in [-0.25, -0.2) is 4.98 Å². The van der Waals surface area contributed by atoms with Crippen LogP contribution in [0.5, 0.6) is 0 Å². The highest BCUT2D eigenvalue weighted by Gasteiger charge is 2.23. The van der Waals surface area contributed by atoms with Crippen LogP contribution in [0.15, 0.2) is 12.4 Å². The summed E-state index contributed by atoms with van der Waals surface area (Å²) in [7, 11) is 0. The second kappa shape index (κ2) is 5.31. The largest absolute Gasteiger partial charge is 0.481 e. The van der Waals surface area contributed by atoms with E-state index >= 15 is 0 Å². The smallest absolute Gasteiger partial charge is 0.303 e. The molecular weight excluding hydrogens is 242 g/mol. The molecule has 0 saturated carbocycles. The molecule has 0 radical (unpaired) electrons. The molecule has 17 heavy (non-hydrogen) atoms. The summed E-state index contributed by atoms with van der Waals surface area (Å²) in [6, 6.07) is 0. The van der Waals surface area contributed by atoms with Gasteiger partial charge in [-0.2, -0.15) is 0 Å². The van der Waals surface area contributed by atoms with Crippen molar-refractivity contribution in [2.45, 2.75) is 19.3 Å². The zero-order valence-electron chi connectivity index (χ0n) is 9.34. The third-order valence-electron chi connectivity index (χ3n) is 2.90. The summed E-state index contributed by atoms with van der Waals surface area (Å²) in [5, 5.41) is 9.16. The summed E-state index contributed by atoms with van der Waals surface area (Å²) in [6.07, 6.45) is 5.30. The van der Waals surface area contributed by atoms with Crippen LogP contribution in [0.3, 0.4) is 0 Å². The van der Waals surface area contributed by atoms with Crippen LogP contribution in [0.4, 0.5) is 5.82 Å². The molecule has 1 aliphatic rings. The first kappa shape index (κ1) is 12.1. The van der Waals surface area contributed by atoms with E-state index in [4.69, 9.17) is 16.7 Å². The van der Waals surface area contributed by atoms with Crippen molar-refractivity contribution in [1.29, 1.82) is 0 Å². The minimum absolute atomic E-state index is 0.182. The molecule has 1 saturated heterocycles. The number of hydrogen-bond acceptors (Lipinski definition) is 4. The van der Waals surface area contributed by atoms with Gasteiger partial charge in [0.25, 0.3) is 0 Å². The molecule has 1 atom stereocenters. The molecule has 2 heterocycles. The van der Waals surface area contributed by atoms with E-state index in [1.165, 1.54) is 6.20 Å². The van der Waals surface area contributed by atoms with Crippen LogP contribution in [0, 0.1) is 5.92 Å². The quantitative estimate of drug-likeness (QED) is 0.892. The summed E-state index contributed by atoms with van der Waals surface area (Å²) >= 11 is 5.79. The predicted octanol–water partition coefficient (Wildman–Crippen LogP) is 1.82. The summed E-state index contributed by atoms with van der Waals surface area (Å²) in [6.45, 7) is 1.59. The number of anilines is 1. The summed E-state index contributed by atoms with van der Waals surface area (Å²) in [5.41, 5.74) is 0. The molecule has 6 heteroatoms. The van der Waals surface area contributed by atoms with Crippen LogP contribution >= 0.6 is 11.6 Å². The molecule has 0 amide bonds. The zero-order chi connectivity index (χ0) is 12.3. The third kappa shape index (κ3) is 3.30. The van der Waals surface area contributed by atoms with Crippen molar-refractivity contribution in [3.05, 3.63) is 17.5 Å². The van der Waals surface area contributed by atoms with Crippen molar-refractivity contribution >= 4 is 23.4 Å². The number of aliphatic carboxylic acids is 1. The molecule has 92 valence electrons. The zero-order valence-corrected chi connectivity index (χ0v) is 10.1. The highest BCUT2D eigenvalue weighted by molar-refractivity contribution is 6.29. The van der Waals surface area contributed by atoms with Crippen LogP contribution < -0.4 is 4.90 Å². The van der Waals surface area contributed by atoms with Crippen molar-refractivity contribution in [3.8, 4) is 0 Å². The minimum atomic E-state index is -0.742. The highest BCUT2D eigenvalue weighted by Crippen LogP contribution is 2.23. The maximum atomic E-state index is 10.7. The van der Waals surface area contributed by atoms with Crippen LogP contribution in [-0.4, -0.2) is 34.1 Å². The highest BCUT2D eigenvalue weighted by atomic mass is 35.5. The van der Waals surface area contributed by atoms with Crippen molar-refractivity contribution in [3.63, 3.8) is 0 Å². The fourth-order valence-corrected chi connectivity index (χ4v) is 2.31. The number of carboxylic acids is 1. The van der Waals surface area contributed by atoms with Crippen LogP contribution in [0.2, 0.25) is 5.15 Å². The molecule has 1 aromatic heterocycles. The van der Waals surface area contributed by atoms with E-state index in [0.717, 1.165) is 25.2 Å². The molecule has 1 aliphatic heterocycles. The van der Waals surface area contributed by atoms with Gasteiger partial charge in [-0.3, -0.25) is 9.78 Å². The third-order valence-corrected chi connectivity index (χ3v) is 3.08.